The fourth-order valence-electron chi connectivity index (χ4n) is 1.73. The van der Waals surface area contributed by atoms with Crippen molar-refractivity contribution in [3.63, 3.8) is 0 Å². The smallest absolute Gasteiger partial charge is 0.101 e. The normalized spacial score (nSPS) is 11.1. The first kappa shape index (κ1) is 12.7. The van der Waals surface area contributed by atoms with Crippen LogP contribution >= 0.6 is 0 Å². The largest absolute Gasteiger partial charge is 0.398 e. The molecule has 0 unspecified atom stereocenters. The van der Waals surface area contributed by atoms with Crippen LogP contribution in [0.3, 0.4) is 0 Å². The minimum absolute atomic E-state index is 0.498. The number of nitrogen functional groups attached to an aromatic ring is 1. The van der Waals surface area contributed by atoms with Crippen LogP contribution in [0.25, 0.3) is 11.8 Å². The molecule has 0 atom stereocenters. The van der Waals surface area contributed by atoms with E-state index in [0.717, 1.165) is 5.69 Å². The molecule has 5 nitrogen and oxygen atoms in total. The second-order valence-electron chi connectivity index (χ2n) is 3.89. The molecule has 5 heteroatoms. The molecule has 1 aromatic heterocycles. The van der Waals surface area contributed by atoms with Crippen LogP contribution in [-0.2, 0) is 4.84 Å². The highest BCUT2D eigenvalue weighted by molar-refractivity contribution is 5.90. The number of hydrogen-bond donors (Lipinski definition) is 2. The van der Waals surface area contributed by atoms with E-state index in [1.165, 1.54) is 7.11 Å². The second-order valence-corrected chi connectivity index (χ2v) is 3.89. The van der Waals surface area contributed by atoms with Gasteiger partial charge < -0.3 is 10.3 Å². The van der Waals surface area contributed by atoms with Crippen LogP contribution in [-0.4, -0.2) is 11.7 Å². The minimum Gasteiger partial charge on any atom is -0.398 e. The first-order valence-corrected chi connectivity index (χ1v) is 5.68. The van der Waals surface area contributed by atoms with Crippen molar-refractivity contribution in [2.75, 3.05) is 18.3 Å². The van der Waals surface area contributed by atoms with E-state index in [0.29, 0.717) is 16.8 Å². The zero-order valence-corrected chi connectivity index (χ0v) is 10.5. The summed E-state index contributed by atoms with van der Waals surface area (Å²) in [5.74, 6) is 0. The lowest BCUT2D eigenvalue weighted by molar-refractivity contribution is 0.271. The summed E-state index contributed by atoms with van der Waals surface area (Å²) >= 11 is 0. The van der Waals surface area contributed by atoms with Gasteiger partial charge in [-0.25, -0.2) is 0 Å². The Morgan fingerprint density at radius 1 is 1.42 bits per heavy atom. The second kappa shape index (κ2) is 5.76. The number of allylic oxidation sites excluding steroid dienone is 1. The molecule has 3 N–H and O–H groups in total. The molecule has 1 heterocycles. The zero-order chi connectivity index (χ0) is 13.7. The summed E-state index contributed by atoms with van der Waals surface area (Å²) in [5, 5.41) is 9.25. The molecular weight excluding hydrogens is 240 g/mol. The third kappa shape index (κ3) is 2.94. The maximum absolute atomic E-state index is 9.25. The van der Waals surface area contributed by atoms with E-state index in [1.807, 2.05) is 24.5 Å². The molecule has 0 amide bonds. The summed E-state index contributed by atoms with van der Waals surface area (Å²) in [6, 6.07) is 11.2. The average Bonchev–Trinajstić information content (AvgIpc) is 2.90. The molecule has 0 bridgehead atoms. The van der Waals surface area contributed by atoms with Gasteiger partial charge in [0.25, 0.3) is 0 Å². The maximum Gasteiger partial charge on any atom is 0.101 e. The minimum atomic E-state index is 0.498. The highest BCUT2D eigenvalue weighted by Gasteiger charge is 2.06. The summed E-state index contributed by atoms with van der Waals surface area (Å²) in [7, 11) is 1.52. The molecule has 2 aromatic rings. The maximum atomic E-state index is 9.25. The van der Waals surface area contributed by atoms with Crippen molar-refractivity contribution in [1.29, 1.82) is 5.26 Å². The molecule has 0 saturated carbocycles. The highest BCUT2D eigenvalue weighted by atomic mass is 16.6. The zero-order valence-electron chi connectivity index (χ0n) is 10.5. The number of aromatic nitrogens is 1. The number of anilines is 2. The molecule has 0 aliphatic carbocycles. The lowest BCUT2D eigenvalue weighted by Gasteiger charge is -2.08. The molecule has 2 rings (SSSR count). The van der Waals surface area contributed by atoms with Crippen LogP contribution < -0.4 is 11.2 Å². The molecule has 0 saturated heterocycles. The van der Waals surface area contributed by atoms with E-state index < -0.39 is 0 Å². The fourth-order valence-corrected chi connectivity index (χ4v) is 1.73. The Morgan fingerprint density at radius 3 is 2.74 bits per heavy atom. The van der Waals surface area contributed by atoms with Gasteiger partial charge in [-0.3, -0.25) is 10.3 Å². The fraction of sp³-hybridized carbons (Fsp3) is 0.0714. The summed E-state index contributed by atoms with van der Waals surface area (Å²) in [4.78, 5) is 4.81. The summed E-state index contributed by atoms with van der Waals surface area (Å²) in [6.45, 7) is 0. The van der Waals surface area contributed by atoms with Crippen molar-refractivity contribution in [2.24, 2.45) is 0 Å². The van der Waals surface area contributed by atoms with Gasteiger partial charge in [-0.2, -0.15) is 5.26 Å². The molecule has 0 radical (unpaired) electrons. The molecule has 0 spiro atoms. The summed E-state index contributed by atoms with van der Waals surface area (Å²) in [6.07, 6.45) is 5.44. The number of hydrogen-bond acceptors (Lipinski definition) is 4. The van der Waals surface area contributed by atoms with E-state index in [9.17, 15) is 5.26 Å². The molecule has 0 fully saturated rings. The Balaban J connectivity index is 2.37. The Hall–Kier alpha value is -2.71. The van der Waals surface area contributed by atoms with Crippen molar-refractivity contribution in [3.8, 4) is 6.07 Å². The predicted molar refractivity (Wildman–Crippen MR) is 75.7 cm³/mol. The Bertz CT molecular complexity index is 623. The number of benzene rings is 1. The van der Waals surface area contributed by atoms with Crippen molar-refractivity contribution >= 4 is 23.1 Å². The molecule has 19 heavy (non-hydrogen) atoms. The Kier molecular flexibility index (Phi) is 3.86. The van der Waals surface area contributed by atoms with Gasteiger partial charge >= 0.3 is 0 Å². The third-order valence-electron chi connectivity index (χ3n) is 2.59. The Labute approximate surface area is 111 Å². The molecule has 0 aliphatic rings. The van der Waals surface area contributed by atoms with Gasteiger partial charge in [-0.05, 0) is 30.3 Å². The lowest BCUT2D eigenvalue weighted by Crippen LogP contribution is -1.99. The van der Waals surface area contributed by atoms with Gasteiger partial charge in [0.15, 0.2) is 0 Å². The van der Waals surface area contributed by atoms with E-state index >= 15 is 0 Å². The van der Waals surface area contributed by atoms with Gasteiger partial charge in [0, 0.05) is 29.8 Å². The number of nitriles is 1. The van der Waals surface area contributed by atoms with Crippen molar-refractivity contribution in [3.05, 3.63) is 48.3 Å². The van der Waals surface area contributed by atoms with Crippen LogP contribution in [0.5, 0.6) is 0 Å². The molecule has 0 aliphatic heterocycles. The predicted octanol–water partition coefficient (Wildman–Crippen LogP) is 2.57. The number of rotatable bonds is 4. The molecular formula is C14H14N4O. The van der Waals surface area contributed by atoms with Crippen LogP contribution in [0.1, 0.15) is 5.56 Å². The van der Waals surface area contributed by atoms with Crippen molar-refractivity contribution in [2.45, 2.75) is 0 Å². The SMILES string of the molecule is CONc1ccc(/C(C#N)=C/n2cccc2)c(N)c1. The molecule has 1 aromatic carbocycles. The molecule has 96 valence electrons. The van der Waals surface area contributed by atoms with Crippen molar-refractivity contribution < 1.29 is 4.84 Å². The van der Waals surface area contributed by atoms with Gasteiger partial charge in [0.05, 0.1) is 18.4 Å². The van der Waals surface area contributed by atoms with Gasteiger partial charge in [-0.1, -0.05) is 0 Å². The first-order chi connectivity index (χ1) is 9.24. The summed E-state index contributed by atoms with van der Waals surface area (Å²) in [5.41, 5.74) is 11.1. The third-order valence-corrected chi connectivity index (χ3v) is 2.59. The average molecular weight is 254 g/mol. The van der Waals surface area contributed by atoms with Gasteiger partial charge in [-0.15, -0.1) is 0 Å². The van der Waals surface area contributed by atoms with Crippen LogP contribution in [0, 0.1) is 11.3 Å². The standard InChI is InChI=1S/C14H14N4O/c1-19-17-12-4-5-13(14(16)8-12)11(9-15)10-18-6-2-3-7-18/h2-8,10,17H,16H2,1H3/b11-10+. The monoisotopic (exact) mass is 254 g/mol. The lowest BCUT2D eigenvalue weighted by atomic mass is 10.1. The van der Waals surface area contributed by atoms with Crippen LogP contribution in [0.4, 0.5) is 11.4 Å². The van der Waals surface area contributed by atoms with Crippen molar-refractivity contribution in [1.82, 2.24) is 4.57 Å². The summed E-state index contributed by atoms with van der Waals surface area (Å²) < 4.78 is 1.80. The first-order valence-electron chi connectivity index (χ1n) is 5.68. The van der Waals surface area contributed by atoms with Crippen LogP contribution in [0.2, 0.25) is 0 Å². The van der Waals surface area contributed by atoms with Crippen LogP contribution in [0.15, 0.2) is 42.7 Å². The van der Waals surface area contributed by atoms with Gasteiger partial charge in [0.1, 0.15) is 6.07 Å². The van der Waals surface area contributed by atoms with E-state index in [-0.39, 0.29) is 0 Å². The quantitative estimate of drug-likeness (QED) is 0.499. The topological polar surface area (TPSA) is 76.0 Å². The van der Waals surface area contributed by atoms with E-state index in [2.05, 4.69) is 11.5 Å². The Morgan fingerprint density at radius 2 is 2.16 bits per heavy atom. The number of nitrogens with two attached hydrogens (primary N) is 1. The van der Waals surface area contributed by atoms with E-state index in [4.69, 9.17) is 10.6 Å². The van der Waals surface area contributed by atoms with E-state index in [1.54, 1.807) is 29.0 Å². The van der Waals surface area contributed by atoms with Gasteiger partial charge in [0.2, 0.25) is 0 Å². The number of nitrogens with one attached hydrogen (secondary N) is 1. The number of nitrogens with zero attached hydrogens (tertiary/aromatic N) is 2. The highest BCUT2D eigenvalue weighted by Crippen LogP contribution is 2.25.